The van der Waals surface area contributed by atoms with Gasteiger partial charge < -0.3 is 4.43 Å². The summed E-state index contributed by atoms with van der Waals surface area (Å²) in [7, 11) is -0.970. The topological polar surface area (TPSA) is 9.23 Å². The Bertz CT molecular complexity index is 518. The average Bonchev–Trinajstić information content (AvgIpc) is 2.40. The molecule has 0 bridgehead atoms. The van der Waals surface area contributed by atoms with Crippen molar-refractivity contribution in [1.29, 1.82) is 0 Å². The molecule has 2 aromatic carbocycles. The molecule has 0 amide bonds. The van der Waals surface area contributed by atoms with Gasteiger partial charge >= 0.3 is 0 Å². The second-order valence-corrected chi connectivity index (χ2v) is 6.85. The van der Waals surface area contributed by atoms with Crippen molar-refractivity contribution in [2.75, 3.05) is 0 Å². The van der Waals surface area contributed by atoms with E-state index in [1.54, 1.807) is 0 Å². The predicted octanol–water partition coefficient (Wildman–Crippen LogP) is 4.32. The number of rotatable bonds is 4. The first kappa shape index (κ1) is 12.6. The van der Waals surface area contributed by atoms with Crippen LogP contribution < -0.4 is 0 Å². The van der Waals surface area contributed by atoms with Crippen LogP contribution in [-0.4, -0.2) is 9.04 Å². The van der Waals surface area contributed by atoms with Gasteiger partial charge in [-0.1, -0.05) is 48.5 Å². The summed E-state index contributed by atoms with van der Waals surface area (Å²) in [6, 6.07) is 18.9. The maximum atomic E-state index is 5.55. The molecule has 18 heavy (non-hydrogen) atoms. The first-order valence-electron chi connectivity index (χ1n) is 6.23. The minimum atomic E-state index is -0.970. The monoisotopic (exact) mass is 254 g/mol. The van der Waals surface area contributed by atoms with Gasteiger partial charge in [-0.3, -0.25) is 0 Å². The Morgan fingerprint density at radius 1 is 0.889 bits per heavy atom. The number of hydrogen-bond donors (Lipinski definition) is 0. The van der Waals surface area contributed by atoms with Crippen LogP contribution in [0, 0.1) is 0 Å². The molecule has 92 valence electrons. The first-order valence-corrected chi connectivity index (χ1v) is 9.01. The predicted molar refractivity (Wildman–Crippen MR) is 80.9 cm³/mol. The third kappa shape index (κ3) is 3.60. The van der Waals surface area contributed by atoms with E-state index in [4.69, 9.17) is 4.43 Å². The molecule has 1 nitrogen and oxygen atoms in total. The Kier molecular flexibility index (Phi) is 4.37. The summed E-state index contributed by atoms with van der Waals surface area (Å²) in [6.45, 7) is 4.31. The molecule has 0 saturated carbocycles. The molecule has 2 heteroatoms. The van der Waals surface area contributed by atoms with Crippen molar-refractivity contribution < 1.29 is 4.43 Å². The highest BCUT2D eigenvalue weighted by Crippen LogP contribution is 2.20. The van der Waals surface area contributed by atoms with Gasteiger partial charge in [-0.15, -0.1) is 0 Å². The summed E-state index contributed by atoms with van der Waals surface area (Å²) in [5.41, 5.74) is 3.65. The molecular weight excluding hydrogens is 236 g/mol. The summed E-state index contributed by atoms with van der Waals surface area (Å²) in [5, 5.41) is 0. The summed E-state index contributed by atoms with van der Waals surface area (Å²) >= 11 is 0. The van der Waals surface area contributed by atoms with Gasteiger partial charge in [-0.25, -0.2) is 0 Å². The summed E-state index contributed by atoms with van der Waals surface area (Å²) < 4.78 is 5.55. The van der Waals surface area contributed by atoms with Gasteiger partial charge in [0.1, 0.15) is 0 Å². The molecule has 0 N–H and O–H groups in total. The van der Waals surface area contributed by atoms with Crippen molar-refractivity contribution in [3.05, 3.63) is 66.4 Å². The lowest BCUT2D eigenvalue weighted by Gasteiger charge is -2.04. The molecule has 0 heterocycles. The van der Waals surface area contributed by atoms with Gasteiger partial charge in [0, 0.05) is 0 Å². The minimum Gasteiger partial charge on any atom is -0.552 e. The summed E-state index contributed by atoms with van der Waals surface area (Å²) in [6.07, 6.45) is 3.85. The lowest BCUT2D eigenvalue weighted by molar-refractivity contribution is 0.505. The van der Waals surface area contributed by atoms with Crippen molar-refractivity contribution >= 4 is 15.1 Å². The molecule has 0 aromatic heterocycles. The van der Waals surface area contributed by atoms with Gasteiger partial charge in [-0.2, -0.15) is 0 Å². The standard InChI is InChI=1S/C16H18OSi/c1-18(2)17-12-11-14-7-6-10-16(13-14)15-8-4-3-5-9-15/h3-13,18H,1-2H3. The van der Waals surface area contributed by atoms with Crippen LogP contribution in [0.25, 0.3) is 17.2 Å². The van der Waals surface area contributed by atoms with Crippen LogP contribution in [0.4, 0.5) is 0 Å². The Labute approximate surface area is 110 Å². The molecule has 0 unspecified atom stereocenters. The van der Waals surface area contributed by atoms with Crippen molar-refractivity contribution in [1.82, 2.24) is 0 Å². The maximum Gasteiger partial charge on any atom is 0.228 e. The molecule has 0 aliphatic rings. The van der Waals surface area contributed by atoms with Gasteiger partial charge in [0.25, 0.3) is 0 Å². The Balaban J connectivity index is 2.18. The molecule has 0 spiro atoms. The number of hydrogen-bond acceptors (Lipinski definition) is 1. The van der Waals surface area contributed by atoms with Crippen LogP contribution in [0.15, 0.2) is 60.9 Å². The maximum absolute atomic E-state index is 5.55. The van der Waals surface area contributed by atoms with Crippen LogP contribution in [0.2, 0.25) is 13.1 Å². The van der Waals surface area contributed by atoms with Crippen LogP contribution >= 0.6 is 0 Å². The second-order valence-electron chi connectivity index (χ2n) is 4.48. The van der Waals surface area contributed by atoms with Gasteiger partial charge in [0.2, 0.25) is 9.04 Å². The van der Waals surface area contributed by atoms with E-state index < -0.39 is 9.04 Å². The Morgan fingerprint density at radius 3 is 2.33 bits per heavy atom. The van der Waals surface area contributed by atoms with E-state index in [1.165, 1.54) is 16.7 Å². The molecule has 0 fully saturated rings. The van der Waals surface area contributed by atoms with Crippen LogP contribution in [-0.2, 0) is 4.43 Å². The van der Waals surface area contributed by atoms with E-state index in [0.717, 1.165) is 0 Å². The van der Waals surface area contributed by atoms with Crippen LogP contribution in [0.3, 0.4) is 0 Å². The zero-order valence-electron chi connectivity index (χ0n) is 10.8. The van der Waals surface area contributed by atoms with E-state index >= 15 is 0 Å². The zero-order valence-corrected chi connectivity index (χ0v) is 12.0. The van der Waals surface area contributed by atoms with Crippen molar-refractivity contribution in [2.45, 2.75) is 13.1 Å². The molecule has 0 aliphatic carbocycles. The highest BCUT2D eigenvalue weighted by atomic mass is 28.3. The third-order valence-corrected chi connectivity index (χ3v) is 3.31. The first-order chi connectivity index (χ1) is 8.75. The van der Waals surface area contributed by atoms with Crippen molar-refractivity contribution in [3.63, 3.8) is 0 Å². The minimum absolute atomic E-state index is 0.970. The van der Waals surface area contributed by atoms with E-state index in [9.17, 15) is 0 Å². The Morgan fingerprint density at radius 2 is 1.61 bits per heavy atom. The summed E-state index contributed by atoms with van der Waals surface area (Å²) in [4.78, 5) is 0. The second kappa shape index (κ2) is 6.22. The molecule has 2 rings (SSSR count). The van der Waals surface area contributed by atoms with E-state index in [0.29, 0.717) is 0 Å². The van der Waals surface area contributed by atoms with Crippen molar-refractivity contribution in [2.24, 2.45) is 0 Å². The quantitative estimate of drug-likeness (QED) is 0.583. The molecule has 0 radical (unpaired) electrons. The van der Waals surface area contributed by atoms with Gasteiger partial charge in [-0.05, 0) is 41.9 Å². The fraction of sp³-hybridized carbons (Fsp3) is 0.125. The lowest BCUT2D eigenvalue weighted by atomic mass is 10.0. The normalized spacial score (nSPS) is 11.1. The largest absolute Gasteiger partial charge is 0.552 e. The number of benzene rings is 2. The zero-order chi connectivity index (χ0) is 12.8. The molecule has 2 aromatic rings. The molecule has 0 saturated heterocycles. The van der Waals surface area contributed by atoms with E-state index in [-0.39, 0.29) is 0 Å². The molecular formula is C16H18OSi. The smallest absolute Gasteiger partial charge is 0.228 e. The highest BCUT2D eigenvalue weighted by molar-refractivity contribution is 6.48. The molecule has 0 atom stereocenters. The van der Waals surface area contributed by atoms with Crippen LogP contribution in [0.1, 0.15) is 5.56 Å². The van der Waals surface area contributed by atoms with Gasteiger partial charge in [0.15, 0.2) is 0 Å². The Hall–Kier alpha value is -1.80. The van der Waals surface area contributed by atoms with Gasteiger partial charge in [0.05, 0.1) is 6.26 Å². The van der Waals surface area contributed by atoms with Crippen molar-refractivity contribution in [3.8, 4) is 11.1 Å². The van der Waals surface area contributed by atoms with Crippen LogP contribution in [0.5, 0.6) is 0 Å². The lowest BCUT2D eigenvalue weighted by Crippen LogP contribution is -2.00. The summed E-state index contributed by atoms with van der Waals surface area (Å²) in [5.74, 6) is 0. The van der Waals surface area contributed by atoms with E-state index in [2.05, 4.69) is 61.6 Å². The van der Waals surface area contributed by atoms with E-state index in [1.807, 2.05) is 18.4 Å². The fourth-order valence-corrected chi connectivity index (χ4v) is 2.12. The SMILES string of the molecule is C[SiH](C)OC=Cc1cccc(-c2ccccc2)c1. The average molecular weight is 254 g/mol. The highest BCUT2D eigenvalue weighted by Gasteiger charge is 1.97. The molecule has 0 aliphatic heterocycles. The fourth-order valence-electron chi connectivity index (χ4n) is 1.73. The third-order valence-electron chi connectivity index (χ3n) is 2.60.